The van der Waals surface area contributed by atoms with Crippen LogP contribution >= 0.6 is 28.1 Å². The number of carbonyl (C=O) groups excluding carboxylic acids is 1. The number of rotatable bonds is 10. The number of ether oxygens (including phenoxy) is 3. The van der Waals surface area contributed by atoms with Crippen molar-refractivity contribution in [3.63, 3.8) is 0 Å². The Morgan fingerprint density at radius 3 is 2.38 bits per heavy atom. The number of benzene rings is 2. The molecule has 0 saturated heterocycles. The van der Waals surface area contributed by atoms with E-state index in [1.807, 2.05) is 32.9 Å². The summed E-state index contributed by atoms with van der Waals surface area (Å²) in [6, 6.07) is 10.9. The van der Waals surface area contributed by atoms with Gasteiger partial charge in [0.15, 0.2) is 17.5 Å². The maximum atomic E-state index is 12.8. The minimum atomic E-state index is -3.98. The zero-order valence-electron chi connectivity index (χ0n) is 21.9. The summed E-state index contributed by atoms with van der Waals surface area (Å²) in [7, 11) is -1.24. The molecule has 0 fully saturated rings. The van der Waals surface area contributed by atoms with E-state index in [1.54, 1.807) is 0 Å². The first-order chi connectivity index (χ1) is 18.4. The molecule has 1 amide bonds. The summed E-state index contributed by atoms with van der Waals surface area (Å²) in [4.78, 5) is 20.3. The van der Waals surface area contributed by atoms with Gasteiger partial charge in [-0.25, -0.2) is 8.42 Å². The molecule has 2 aromatic carbocycles. The zero-order chi connectivity index (χ0) is 28.7. The summed E-state index contributed by atoms with van der Waals surface area (Å²) in [5, 5.41) is 5.43. The molecular weight excluding hydrogens is 610 g/mol. The van der Waals surface area contributed by atoms with Gasteiger partial charge in [-0.3, -0.25) is 14.8 Å². The topological polar surface area (TPSA) is 141 Å². The molecule has 0 spiro atoms. The van der Waals surface area contributed by atoms with Gasteiger partial charge in [-0.05, 0) is 72.6 Å². The molecule has 3 aromatic rings. The molecule has 1 heterocycles. The minimum Gasteiger partial charge on any atom is -0.483 e. The van der Waals surface area contributed by atoms with Crippen LogP contribution in [0.1, 0.15) is 30.9 Å². The van der Waals surface area contributed by atoms with Gasteiger partial charge in [-0.15, -0.1) is 0 Å². The lowest BCUT2D eigenvalue weighted by Crippen LogP contribution is -2.37. The van der Waals surface area contributed by atoms with Crippen LogP contribution in [0.3, 0.4) is 0 Å². The van der Waals surface area contributed by atoms with Crippen LogP contribution in [0.2, 0.25) is 0 Å². The highest BCUT2D eigenvalue weighted by atomic mass is 79.9. The van der Waals surface area contributed by atoms with Crippen molar-refractivity contribution in [2.45, 2.75) is 31.6 Å². The third kappa shape index (κ3) is 8.25. The number of amides is 1. The third-order valence-corrected chi connectivity index (χ3v) is 7.69. The minimum absolute atomic E-state index is 0.0224. The number of sulfonamides is 1. The number of aromatic nitrogens is 2. The first kappa shape index (κ1) is 30.1. The Kier molecular flexibility index (Phi) is 10.1. The first-order valence-electron chi connectivity index (χ1n) is 11.6. The monoisotopic (exact) mass is 637 g/mol. The fourth-order valence-electron chi connectivity index (χ4n) is 3.28. The first-order valence-corrected chi connectivity index (χ1v) is 14.2. The molecule has 39 heavy (non-hydrogen) atoms. The number of anilines is 2. The van der Waals surface area contributed by atoms with Crippen molar-refractivity contribution in [2.75, 3.05) is 30.9 Å². The fraction of sp³-hybridized carbons (Fsp3) is 0.280. The van der Waals surface area contributed by atoms with Gasteiger partial charge < -0.3 is 19.5 Å². The number of halogens is 1. The van der Waals surface area contributed by atoms with Crippen LogP contribution < -0.4 is 29.6 Å². The Balaban J connectivity index is 1.58. The van der Waals surface area contributed by atoms with Crippen LogP contribution in [0.4, 0.5) is 11.5 Å². The van der Waals surface area contributed by atoms with Gasteiger partial charge >= 0.3 is 6.01 Å². The summed E-state index contributed by atoms with van der Waals surface area (Å²) in [5.74, 6) is 0.500. The van der Waals surface area contributed by atoms with Crippen molar-refractivity contribution in [2.24, 2.45) is 0 Å². The van der Waals surface area contributed by atoms with Crippen molar-refractivity contribution in [1.29, 1.82) is 0 Å². The average Bonchev–Trinajstić information content (AvgIpc) is 2.88. The van der Waals surface area contributed by atoms with Crippen molar-refractivity contribution in [3.05, 3.63) is 58.1 Å². The lowest BCUT2D eigenvalue weighted by Gasteiger charge is -2.16. The number of aryl methyl sites for hydroxylation is 1. The molecule has 0 aliphatic carbocycles. The highest BCUT2D eigenvalue weighted by Crippen LogP contribution is 2.32. The molecule has 0 saturated carbocycles. The Hall–Kier alpha value is -3.49. The van der Waals surface area contributed by atoms with Crippen LogP contribution in [-0.4, -0.2) is 50.2 Å². The summed E-state index contributed by atoms with van der Waals surface area (Å²) < 4.78 is 44.7. The molecular formula is C25H28BrN5O6S2. The quantitative estimate of drug-likeness (QED) is 0.274. The van der Waals surface area contributed by atoms with Crippen LogP contribution in [0.25, 0.3) is 0 Å². The smallest absolute Gasteiger partial charge is 0.321 e. The third-order valence-electron chi connectivity index (χ3n) is 5.26. The summed E-state index contributed by atoms with van der Waals surface area (Å²) in [6.07, 6.45) is 0. The van der Waals surface area contributed by atoms with Gasteiger partial charge in [0, 0.05) is 16.2 Å². The van der Waals surface area contributed by atoms with E-state index in [0.717, 1.165) is 15.6 Å². The van der Waals surface area contributed by atoms with E-state index in [1.165, 1.54) is 44.6 Å². The van der Waals surface area contributed by atoms with Crippen molar-refractivity contribution in [3.8, 4) is 17.6 Å². The van der Waals surface area contributed by atoms with Crippen LogP contribution in [0.5, 0.6) is 17.6 Å². The number of carbonyl (C=O) groups is 1. The molecule has 0 unspecified atom stereocenters. The normalized spacial score (nSPS) is 11.1. The number of methoxy groups -OCH3 is 2. The maximum absolute atomic E-state index is 12.8. The Bertz CT molecular complexity index is 1440. The number of hydrogen-bond acceptors (Lipinski definition) is 9. The molecule has 0 bridgehead atoms. The van der Waals surface area contributed by atoms with E-state index < -0.39 is 15.9 Å². The van der Waals surface area contributed by atoms with Crippen molar-refractivity contribution in [1.82, 2.24) is 15.3 Å². The summed E-state index contributed by atoms with van der Waals surface area (Å²) in [5.41, 5.74) is 2.43. The van der Waals surface area contributed by atoms with Gasteiger partial charge in [0.25, 0.3) is 15.9 Å². The molecule has 14 heteroatoms. The summed E-state index contributed by atoms with van der Waals surface area (Å²) >= 11 is 8.74. The number of nitrogens with one attached hydrogen (secondary N) is 3. The molecule has 208 valence electrons. The standard InChI is InChI=1S/C25H28BrN5O6S2/c1-14(2)18-11-19(26)15(3)10-20(18)37-13-22(32)29-25(38)27-16-6-8-17(9-7-16)39(33,34)31-21-12-23(35-4)30-24(28-21)36-5/h6-12,14H,13H2,1-5H3,(H,28,30,31)(H2,27,29,32,38). The van der Waals surface area contributed by atoms with Crippen molar-refractivity contribution >= 4 is 60.7 Å². The summed E-state index contributed by atoms with van der Waals surface area (Å²) in [6.45, 7) is 5.79. The van der Waals surface area contributed by atoms with E-state index >= 15 is 0 Å². The Labute approximate surface area is 240 Å². The van der Waals surface area contributed by atoms with Gasteiger partial charge in [-0.1, -0.05) is 29.8 Å². The van der Waals surface area contributed by atoms with Crippen LogP contribution in [0, 0.1) is 6.92 Å². The lowest BCUT2D eigenvalue weighted by molar-refractivity contribution is -0.121. The van der Waals surface area contributed by atoms with E-state index in [2.05, 4.69) is 41.3 Å². The molecule has 1 aromatic heterocycles. The Morgan fingerprint density at radius 2 is 1.77 bits per heavy atom. The highest BCUT2D eigenvalue weighted by Gasteiger charge is 2.17. The molecule has 11 nitrogen and oxygen atoms in total. The van der Waals surface area contributed by atoms with E-state index in [0.29, 0.717) is 11.4 Å². The molecule has 0 aliphatic heterocycles. The second-order valence-electron chi connectivity index (χ2n) is 8.50. The second-order valence-corrected chi connectivity index (χ2v) is 11.4. The number of hydrogen-bond donors (Lipinski definition) is 3. The molecule has 0 aliphatic rings. The van der Waals surface area contributed by atoms with E-state index in [9.17, 15) is 13.2 Å². The van der Waals surface area contributed by atoms with Gasteiger partial charge in [0.2, 0.25) is 5.88 Å². The molecule has 3 N–H and O–H groups in total. The highest BCUT2D eigenvalue weighted by molar-refractivity contribution is 9.10. The predicted molar refractivity (Wildman–Crippen MR) is 155 cm³/mol. The second kappa shape index (κ2) is 13.0. The number of nitrogens with zero attached hydrogens (tertiary/aromatic N) is 2. The van der Waals surface area contributed by atoms with Crippen LogP contribution in [0.15, 0.2) is 51.8 Å². The lowest BCUT2D eigenvalue weighted by atomic mass is 10.0. The maximum Gasteiger partial charge on any atom is 0.321 e. The number of thiocarbonyl (C=S) groups is 1. The zero-order valence-corrected chi connectivity index (χ0v) is 25.1. The largest absolute Gasteiger partial charge is 0.483 e. The van der Waals surface area contributed by atoms with Gasteiger partial charge in [-0.2, -0.15) is 9.97 Å². The Morgan fingerprint density at radius 1 is 1.08 bits per heavy atom. The predicted octanol–water partition coefficient (Wildman–Crippen LogP) is 4.38. The molecule has 0 radical (unpaired) electrons. The average molecular weight is 639 g/mol. The van der Waals surface area contributed by atoms with Gasteiger partial charge in [0.1, 0.15) is 5.75 Å². The van der Waals surface area contributed by atoms with Crippen molar-refractivity contribution < 1.29 is 27.4 Å². The van der Waals surface area contributed by atoms with Crippen LogP contribution in [-0.2, 0) is 14.8 Å². The van der Waals surface area contributed by atoms with Gasteiger partial charge in [0.05, 0.1) is 19.1 Å². The molecule has 0 atom stereocenters. The van der Waals surface area contributed by atoms with E-state index in [-0.39, 0.29) is 40.2 Å². The SMILES string of the molecule is COc1cc(NS(=O)(=O)c2ccc(NC(=S)NC(=O)COc3cc(C)c(Br)cc3C(C)C)cc2)nc(OC)n1. The fourth-order valence-corrected chi connectivity index (χ4v) is 4.87. The van der Waals surface area contributed by atoms with E-state index in [4.69, 9.17) is 26.4 Å². The molecule has 3 rings (SSSR count).